The molecule has 1 aromatic heterocycles. The second kappa shape index (κ2) is 5.52. The molecule has 2 aromatic rings. The summed E-state index contributed by atoms with van der Waals surface area (Å²) in [5.41, 5.74) is 1.54. The largest absolute Gasteiger partial charge is 0.462 e. The van der Waals surface area contributed by atoms with Crippen LogP contribution >= 0.6 is 0 Å². The van der Waals surface area contributed by atoms with E-state index in [2.05, 4.69) is 27.4 Å². The zero-order chi connectivity index (χ0) is 14.7. The minimum atomic E-state index is -0.395. The van der Waals surface area contributed by atoms with Gasteiger partial charge < -0.3 is 10.1 Å². The Morgan fingerprint density at radius 2 is 1.95 bits per heavy atom. The highest BCUT2D eigenvalue weighted by atomic mass is 16.5. The molecule has 1 fully saturated rings. The summed E-state index contributed by atoms with van der Waals surface area (Å²) in [5, 5.41) is 3.37. The van der Waals surface area contributed by atoms with Crippen LogP contribution < -0.4 is 5.32 Å². The van der Waals surface area contributed by atoms with Crippen LogP contribution in [0.2, 0.25) is 0 Å². The van der Waals surface area contributed by atoms with Crippen LogP contribution in [0.3, 0.4) is 0 Å². The van der Waals surface area contributed by atoms with E-state index < -0.39 is 5.97 Å². The molecule has 21 heavy (non-hydrogen) atoms. The first-order valence-corrected chi connectivity index (χ1v) is 7.06. The third-order valence-electron chi connectivity index (χ3n) is 3.59. The number of rotatable bonds is 5. The quantitative estimate of drug-likeness (QED) is 0.856. The number of carbonyl (C=O) groups is 1. The lowest BCUT2D eigenvalue weighted by molar-refractivity contribution is 0.0525. The Morgan fingerprint density at radius 3 is 2.52 bits per heavy atom. The van der Waals surface area contributed by atoms with Gasteiger partial charge in [0, 0.05) is 13.8 Å². The van der Waals surface area contributed by atoms with E-state index in [1.807, 2.05) is 18.2 Å². The highest BCUT2D eigenvalue weighted by Crippen LogP contribution is 2.47. The Balaban J connectivity index is 0.00000176. The monoisotopic (exact) mass is 285 g/mol. The average molecular weight is 285 g/mol. The molecule has 1 aliphatic rings. The molecule has 1 heterocycles. The van der Waals surface area contributed by atoms with Crippen molar-refractivity contribution in [2.45, 2.75) is 25.3 Å². The molecule has 1 N–H and O–H groups in total. The normalized spacial score (nSPS) is 15.3. The van der Waals surface area contributed by atoms with Gasteiger partial charge in [-0.15, -0.1) is 0 Å². The molecule has 3 rings (SSSR count). The van der Waals surface area contributed by atoms with Gasteiger partial charge in [-0.3, -0.25) is 0 Å². The summed E-state index contributed by atoms with van der Waals surface area (Å²) in [5.74, 6) is 0.137. The molecule has 5 nitrogen and oxygen atoms in total. The van der Waals surface area contributed by atoms with E-state index in [0.29, 0.717) is 18.1 Å². The number of anilines is 1. The number of hydrogen-bond acceptors (Lipinski definition) is 5. The Bertz CT molecular complexity index is 628. The van der Waals surface area contributed by atoms with Crippen molar-refractivity contribution in [2.75, 3.05) is 11.9 Å². The van der Waals surface area contributed by atoms with Crippen LogP contribution in [0.15, 0.2) is 42.7 Å². The van der Waals surface area contributed by atoms with Gasteiger partial charge in [0.2, 0.25) is 5.95 Å². The smallest absolute Gasteiger partial charge is 0.341 e. The lowest BCUT2D eigenvalue weighted by Gasteiger charge is -2.17. The van der Waals surface area contributed by atoms with Crippen LogP contribution in [0.5, 0.6) is 0 Å². The molecule has 1 saturated carbocycles. The number of ether oxygens (including phenoxy) is 1. The topological polar surface area (TPSA) is 64.1 Å². The minimum Gasteiger partial charge on any atom is -0.462 e. The molecule has 0 spiro atoms. The minimum absolute atomic E-state index is 0. The van der Waals surface area contributed by atoms with Crippen molar-refractivity contribution in [3.8, 4) is 0 Å². The molecule has 5 heteroatoms. The summed E-state index contributed by atoms with van der Waals surface area (Å²) in [4.78, 5) is 20.0. The average Bonchev–Trinajstić information content (AvgIpc) is 3.30. The summed E-state index contributed by atoms with van der Waals surface area (Å²) in [6.45, 7) is 2.11. The molecular formula is C16H19N3O2. The number of hydrogen-bond donors (Lipinski definition) is 1. The molecule has 0 saturated heterocycles. The summed E-state index contributed by atoms with van der Waals surface area (Å²) < 4.78 is 4.91. The number of carbonyl (C=O) groups excluding carboxylic acids is 1. The van der Waals surface area contributed by atoms with Crippen LogP contribution in [0.4, 0.5) is 5.95 Å². The van der Waals surface area contributed by atoms with Crippen LogP contribution in [0.1, 0.15) is 37.1 Å². The summed E-state index contributed by atoms with van der Waals surface area (Å²) >= 11 is 0. The van der Waals surface area contributed by atoms with Crippen LogP contribution in [-0.2, 0) is 10.3 Å². The van der Waals surface area contributed by atoms with Crippen LogP contribution in [0, 0.1) is 0 Å². The Labute approximate surface area is 124 Å². The van der Waals surface area contributed by atoms with Gasteiger partial charge >= 0.3 is 5.97 Å². The molecule has 110 valence electrons. The van der Waals surface area contributed by atoms with Crippen molar-refractivity contribution in [2.24, 2.45) is 0 Å². The number of aromatic nitrogens is 2. The maximum atomic E-state index is 11.6. The zero-order valence-corrected chi connectivity index (χ0v) is 11.9. The van der Waals surface area contributed by atoms with Gasteiger partial charge in [0.1, 0.15) is 0 Å². The lowest BCUT2D eigenvalue weighted by Crippen LogP contribution is -2.20. The third kappa shape index (κ3) is 2.86. The summed E-state index contributed by atoms with van der Waals surface area (Å²) in [6.07, 6.45) is 5.10. The second-order valence-electron chi connectivity index (χ2n) is 5.09. The molecular weight excluding hydrogens is 266 g/mol. The summed E-state index contributed by atoms with van der Waals surface area (Å²) in [7, 11) is 0. The first-order chi connectivity index (χ1) is 10.2. The van der Waals surface area contributed by atoms with Crippen molar-refractivity contribution < 1.29 is 11.0 Å². The van der Waals surface area contributed by atoms with Gasteiger partial charge in [-0.2, -0.15) is 0 Å². The number of benzene rings is 1. The SMILES string of the molecule is CCOC(=O)c1cnc(NC2(c3ccccc3)CC2)nc1.[HH]. The Morgan fingerprint density at radius 1 is 1.29 bits per heavy atom. The van der Waals surface area contributed by atoms with E-state index in [4.69, 9.17) is 4.74 Å². The zero-order valence-electron chi connectivity index (χ0n) is 11.9. The third-order valence-corrected chi connectivity index (χ3v) is 3.59. The predicted octanol–water partition coefficient (Wildman–Crippen LogP) is 3.00. The highest BCUT2D eigenvalue weighted by molar-refractivity contribution is 5.88. The molecule has 0 radical (unpaired) electrons. The van der Waals surface area contributed by atoms with E-state index in [-0.39, 0.29) is 6.97 Å². The molecule has 0 atom stereocenters. The van der Waals surface area contributed by atoms with Crippen molar-refractivity contribution in [1.82, 2.24) is 9.97 Å². The molecule has 1 aromatic carbocycles. The van der Waals surface area contributed by atoms with Gasteiger partial charge in [0.15, 0.2) is 0 Å². The van der Waals surface area contributed by atoms with Gasteiger partial charge in [0.25, 0.3) is 0 Å². The molecule has 0 amide bonds. The standard InChI is InChI=1S/C16H17N3O2.H2/c1-2-21-14(20)12-10-17-15(18-11-12)19-16(8-9-16)13-6-4-3-5-7-13;/h3-7,10-11H,2,8-9H2,1H3,(H,17,18,19);1H. The number of esters is 1. The molecule has 0 aliphatic heterocycles. The van der Waals surface area contributed by atoms with Crippen molar-refractivity contribution >= 4 is 11.9 Å². The fourth-order valence-electron chi connectivity index (χ4n) is 2.29. The predicted molar refractivity (Wildman–Crippen MR) is 81.1 cm³/mol. The van der Waals surface area contributed by atoms with Crippen LogP contribution in [0.25, 0.3) is 0 Å². The Kier molecular flexibility index (Phi) is 3.56. The fourth-order valence-corrected chi connectivity index (χ4v) is 2.29. The molecule has 0 bridgehead atoms. The first-order valence-electron chi connectivity index (χ1n) is 7.06. The van der Waals surface area contributed by atoms with Gasteiger partial charge in [-0.1, -0.05) is 30.3 Å². The van der Waals surface area contributed by atoms with Gasteiger partial charge in [-0.05, 0) is 25.3 Å². The van der Waals surface area contributed by atoms with E-state index in [9.17, 15) is 4.79 Å². The van der Waals surface area contributed by atoms with E-state index >= 15 is 0 Å². The van der Waals surface area contributed by atoms with Crippen molar-refractivity contribution in [3.05, 3.63) is 53.9 Å². The van der Waals surface area contributed by atoms with Crippen molar-refractivity contribution in [1.29, 1.82) is 0 Å². The first kappa shape index (κ1) is 13.5. The van der Waals surface area contributed by atoms with E-state index in [1.165, 1.54) is 18.0 Å². The van der Waals surface area contributed by atoms with Gasteiger partial charge in [-0.25, -0.2) is 14.8 Å². The van der Waals surface area contributed by atoms with E-state index in [0.717, 1.165) is 12.8 Å². The van der Waals surface area contributed by atoms with E-state index in [1.54, 1.807) is 6.92 Å². The summed E-state index contributed by atoms with van der Waals surface area (Å²) in [6, 6.07) is 10.3. The molecule has 1 aliphatic carbocycles. The maximum absolute atomic E-state index is 11.6. The fraction of sp³-hybridized carbons (Fsp3) is 0.312. The lowest BCUT2D eigenvalue weighted by atomic mass is 10.1. The number of nitrogens with one attached hydrogen (secondary N) is 1. The van der Waals surface area contributed by atoms with Crippen molar-refractivity contribution in [3.63, 3.8) is 0 Å². The molecule has 0 unspecified atom stereocenters. The van der Waals surface area contributed by atoms with Gasteiger partial charge in [0.05, 0.1) is 17.7 Å². The highest BCUT2D eigenvalue weighted by Gasteiger charge is 2.44. The second-order valence-corrected chi connectivity index (χ2v) is 5.09. The maximum Gasteiger partial charge on any atom is 0.341 e. The Hall–Kier alpha value is -2.43. The number of nitrogens with zero attached hydrogens (tertiary/aromatic N) is 2. The van der Waals surface area contributed by atoms with Crippen LogP contribution in [-0.4, -0.2) is 22.5 Å².